The molecule has 1 N–H and O–H groups in total. The molecule has 53 heavy (non-hydrogen) atoms. The van der Waals surface area contributed by atoms with E-state index in [1.807, 2.05) is 13.0 Å². The van der Waals surface area contributed by atoms with Gasteiger partial charge in [0.1, 0.15) is 16.7 Å². The Morgan fingerprint density at radius 1 is 0.566 bits per heavy atom. The van der Waals surface area contributed by atoms with E-state index in [1.54, 1.807) is 6.08 Å². The predicted molar refractivity (Wildman–Crippen MR) is 233 cm³/mol. The third kappa shape index (κ3) is 32.1. The molecular weight excluding hydrogens is 675 g/mol. The fourth-order valence-corrected chi connectivity index (χ4v) is 8.57. The molecule has 316 valence electrons. The average Bonchev–Trinajstić information content (AvgIpc) is 3.11. The van der Waals surface area contributed by atoms with Crippen molar-refractivity contribution in [1.29, 1.82) is 0 Å². The first-order valence-corrected chi connectivity index (χ1v) is 24.7. The van der Waals surface area contributed by atoms with Crippen LogP contribution in [-0.4, -0.2) is 60.6 Å². The van der Waals surface area contributed by atoms with Crippen molar-refractivity contribution >= 4 is 10.1 Å². The van der Waals surface area contributed by atoms with Gasteiger partial charge in [-0.2, -0.15) is 0 Å². The van der Waals surface area contributed by atoms with Crippen LogP contribution in [0.5, 0.6) is 0 Å². The van der Waals surface area contributed by atoms with Crippen LogP contribution in [0.25, 0.3) is 0 Å². The number of aliphatic hydroxyl groups is 1. The third-order valence-corrected chi connectivity index (χ3v) is 13.2. The van der Waals surface area contributed by atoms with Gasteiger partial charge in [0.15, 0.2) is 0 Å². The summed E-state index contributed by atoms with van der Waals surface area (Å²) in [7, 11) is -1.84. The smallest absolute Gasteiger partial charge is 0.104 e. The molecule has 6 heteroatoms. The molecule has 1 aliphatic carbocycles. The molecule has 5 nitrogen and oxygen atoms in total. The first-order valence-electron chi connectivity index (χ1n) is 23.3. The minimum atomic E-state index is -4.24. The fraction of sp³-hybridized carbons (Fsp3) is 0.915. The standard InChI is InChI=1S/C39H82NO.C8H12O3S/c1-4-6-8-10-12-14-16-18-20-22-24-26-28-30-32-34-36-40(3,38-39-41)37-35-33-31-29-27-25-23-21-19-17-15-13-11-9-7-5-2;1-7-4-3-5-8(2,6-7)12(9,10)11/h41H,4-39H2,1-3H3;3-5H,6H2,1-2H3,(H,9,10,11)/q+1;/p-1. The number of allylic oxidation sites excluding steroid dienone is 3. The molecule has 0 heterocycles. The number of aliphatic hydroxyl groups excluding tert-OH is 1. The summed E-state index contributed by atoms with van der Waals surface area (Å²) in [5.74, 6) is 0. The van der Waals surface area contributed by atoms with Gasteiger partial charge in [0.2, 0.25) is 0 Å². The lowest BCUT2D eigenvalue weighted by Crippen LogP contribution is -2.47. The Morgan fingerprint density at radius 2 is 0.849 bits per heavy atom. The molecule has 0 aromatic heterocycles. The molecule has 0 spiro atoms. The van der Waals surface area contributed by atoms with Gasteiger partial charge in [-0.3, -0.25) is 0 Å². The quantitative estimate of drug-likeness (QED) is 0.0388. The molecule has 1 aliphatic rings. The van der Waals surface area contributed by atoms with Gasteiger partial charge in [0.05, 0.1) is 31.5 Å². The lowest BCUT2D eigenvalue weighted by Gasteiger charge is -2.34. The highest BCUT2D eigenvalue weighted by Crippen LogP contribution is 2.29. The molecule has 0 aliphatic heterocycles. The van der Waals surface area contributed by atoms with E-state index >= 15 is 0 Å². The number of unbranched alkanes of at least 4 members (excludes halogenated alkanes) is 30. The number of hydrogen-bond acceptors (Lipinski definition) is 4. The molecule has 0 saturated carbocycles. The zero-order chi connectivity index (χ0) is 39.4. The van der Waals surface area contributed by atoms with Crippen molar-refractivity contribution in [3.8, 4) is 0 Å². The highest BCUT2D eigenvalue weighted by Gasteiger charge is 2.30. The molecule has 1 rings (SSSR count). The van der Waals surface area contributed by atoms with E-state index in [4.69, 9.17) is 0 Å². The van der Waals surface area contributed by atoms with Gasteiger partial charge < -0.3 is 14.1 Å². The zero-order valence-corrected chi connectivity index (χ0v) is 37.2. The second-order valence-corrected chi connectivity index (χ2v) is 19.3. The summed E-state index contributed by atoms with van der Waals surface area (Å²) in [6.45, 7) is 11.7. The number of nitrogens with zero attached hydrogens (tertiary/aromatic N) is 1. The minimum absolute atomic E-state index is 0.301. The summed E-state index contributed by atoms with van der Waals surface area (Å²) < 4.78 is 32.3. The molecule has 0 amide bonds. The summed E-state index contributed by atoms with van der Waals surface area (Å²) in [4.78, 5) is 0. The number of rotatable bonds is 37. The third-order valence-electron chi connectivity index (χ3n) is 11.8. The monoisotopic (exact) mass is 768 g/mol. The Balaban J connectivity index is 0.00000189. The summed E-state index contributed by atoms with van der Waals surface area (Å²) in [6, 6.07) is 0. The van der Waals surface area contributed by atoms with E-state index < -0.39 is 14.9 Å². The van der Waals surface area contributed by atoms with Crippen molar-refractivity contribution in [2.75, 3.05) is 33.3 Å². The fourth-order valence-electron chi connectivity index (χ4n) is 7.92. The second-order valence-electron chi connectivity index (χ2n) is 17.4. The van der Waals surface area contributed by atoms with Crippen LogP contribution in [-0.2, 0) is 10.1 Å². The van der Waals surface area contributed by atoms with E-state index in [9.17, 15) is 18.1 Å². The van der Waals surface area contributed by atoms with Crippen molar-refractivity contribution in [2.45, 2.75) is 244 Å². The van der Waals surface area contributed by atoms with Crippen LogP contribution >= 0.6 is 0 Å². The van der Waals surface area contributed by atoms with Crippen molar-refractivity contribution in [3.63, 3.8) is 0 Å². The Morgan fingerprint density at radius 3 is 1.08 bits per heavy atom. The highest BCUT2D eigenvalue weighted by atomic mass is 32.2. The summed E-state index contributed by atoms with van der Waals surface area (Å²) in [6.07, 6.45) is 51.1. The predicted octanol–water partition coefficient (Wildman–Crippen LogP) is 14.1. The summed E-state index contributed by atoms with van der Waals surface area (Å²) in [5.41, 5.74) is 0.916. The van der Waals surface area contributed by atoms with E-state index in [2.05, 4.69) is 20.9 Å². The first-order chi connectivity index (χ1) is 25.5. The normalized spacial score (nSPS) is 16.1. The highest BCUT2D eigenvalue weighted by molar-refractivity contribution is 7.87. The van der Waals surface area contributed by atoms with Crippen molar-refractivity contribution in [2.24, 2.45) is 0 Å². The summed E-state index contributed by atoms with van der Waals surface area (Å²) >= 11 is 0. The van der Waals surface area contributed by atoms with Crippen LogP contribution in [0.2, 0.25) is 0 Å². The first kappa shape index (κ1) is 52.3. The van der Waals surface area contributed by atoms with Crippen LogP contribution < -0.4 is 0 Å². The molecule has 0 aromatic rings. The minimum Gasteiger partial charge on any atom is -0.747 e. The second kappa shape index (κ2) is 35.7. The Bertz CT molecular complexity index is 926. The van der Waals surface area contributed by atoms with Gasteiger partial charge in [0.25, 0.3) is 0 Å². The number of hydrogen-bond donors (Lipinski definition) is 1. The van der Waals surface area contributed by atoms with E-state index in [1.165, 1.54) is 232 Å². The van der Waals surface area contributed by atoms with Crippen molar-refractivity contribution < 1.29 is 22.6 Å². The maximum absolute atomic E-state index is 10.8. The van der Waals surface area contributed by atoms with Crippen LogP contribution in [0.15, 0.2) is 23.8 Å². The SMILES string of the molecule is CC1=CC=CC(C)(S(=O)(=O)[O-])C1.CCCCCCCCCCCCCCCCCC[N+](C)(CCO)CCCCCCCCCCCCCCCCCC. The van der Waals surface area contributed by atoms with Crippen LogP contribution in [0.3, 0.4) is 0 Å². The lowest BCUT2D eigenvalue weighted by molar-refractivity contribution is -0.910. The molecule has 0 bridgehead atoms. The number of likely N-dealkylation sites (N-methyl/N-ethyl adjacent to an activating group) is 1. The zero-order valence-electron chi connectivity index (χ0n) is 36.4. The molecule has 0 saturated heterocycles. The molecule has 0 radical (unpaired) electrons. The molecular formula is C47H93NO4S. The lowest BCUT2D eigenvalue weighted by atomic mass is 9.96. The van der Waals surface area contributed by atoms with E-state index in [-0.39, 0.29) is 0 Å². The van der Waals surface area contributed by atoms with Crippen LogP contribution in [0.4, 0.5) is 0 Å². The Kier molecular flexibility index (Phi) is 35.2. The van der Waals surface area contributed by atoms with Gasteiger partial charge in [-0.25, -0.2) is 8.42 Å². The van der Waals surface area contributed by atoms with E-state index in [0.717, 1.165) is 16.6 Å². The molecule has 1 unspecified atom stereocenters. The molecule has 0 fully saturated rings. The Hall–Kier alpha value is -0.690. The van der Waals surface area contributed by atoms with Crippen molar-refractivity contribution in [1.82, 2.24) is 0 Å². The summed E-state index contributed by atoms with van der Waals surface area (Å²) in [5, 5.41) is 9.66. The maximum atomic E-state index is 10.8. The maximum Gasteiger partial charge on any atom is 0.104 e. The van der Waals surface area contributed by atoms with E-state index in [0.29, 0.717) is 13.0 Å². The van der Waals surface area contributed by atoms with Crippen molar-refractivity contribution in [3.05, 3.63) is 23.8 Å². The van der Waals surface area contributed by atoms with Crippen LogP contribution in [0, 0.1) is 0 Å². The van der Waals surface area contributed by atoms with Crippen LogP contribution in [0.1, 0.15) is 240 Å². The average molecular weight is 768 g/mol. The number of quaternary nitrogens is 1. The topological polar surface area (TPSA) is 77.4 Å². The molecule has 1 atom stereocenters. The largest absolute Gasteiger partial charge is 0.747 e. The molecule has 0 aromatic carbocycles. The van der Waals surface area contributed by atoms with Gasteiger partial charge in [-0.05, 0) is 46.0 Å². The van der Waals surface area contributed by atoms with Gasteiger partial charge in [-0.1, -0.05) is 217 Å². The van der Waals surface area contributed by atoms with Gasteiger partial charge in [0, 0.05) is 0 Å². The van der Waals surface area contributed by atoms with Gasteiger partial charge >= 0.3 is 0 Å². The van der Waals surface area contributed by atoms with Gasteiger partial charge in [-0.15, -0.1) is 0 Å². The Labute approximate surface area is 333 Å².